The number of rotatable bonds is 4. The standard InChI is InChI=1S/C13H17F3N6/c1-7(2)22-6-10(8(3)21-22)19-12-18-5-9(13(14,15)16)11(17-4)20-12/h5-7H,1-4H3,(H2,17,18,19,20). The second-order valence-corrected chi connectivity index (χ2v) is 5.03. The molecule has 0 saturated carbocycles. The summed E-state index contributed by atoms with van der Waals surface area (Å²) in [4.78, 5) is 7.58. The maximum absolute atomic E-state index is 12.8. The third-order valence-electron chi connectivity index (χ3n) is 3.02. The van der Waals surface area contributed by atoms with Crippen molar-refractivity contribution >= 4 is 17.5 Å². The van der Waals surface area contributed by atoms with Crippen LogP contribution in [0.2, 0.25) is 0 Å². The van der Waals surface area contributed by atoms with Crippen molar-refractivity contribution in [3.8, 4) is 0 Å². The number of halogens is 3. The molecule has 120 valence electrons. The Bertz CT molecular complexity index is 662. The number of anilines is 3. The van der Waals surface area contributed by atoms with Crippen LogP contribution in [0.3, 0.4) is 0 Å². The van der Waals surface area contributed by atoms with E-state index in [4.69, 9.17) is 0 Å². The van der Waals surface area contributed by atoms with Crippen molar-refractivity contribution in [2.75, 3.05) is 17.7 Å². The first-order valence-electron chi connectivity index (χ1n) is 6.67. The lowest BCUT2D eigenvalue weighted by Gasteiger charge is -2.12. The molecule has 0 amide bonds. The summed E-state index contributed by atoms with van der Waals surface area (Å²) < 4.78 is 40.1. The molecule has 0 aliphatic carbocycles. The molecule has 2 aromatic heterocycles. The molecule has 0 radical (unpaired) electrons. The van der Waals surface area contributed by atoms with Crippen molar-refractivity contribution in [1.82, 2.24) is 19.7 Å². The zero-order chi connectivity index (χ0) is 16.5. The van der Waals surface area contributed by atoms with Gasteiger partial charge in [-0.15, -0.1) is 0 Å². The van der Waals surface area contributed by atoms with Gasteiger partial charge in [-0.3, -0.25) is 4.68 Å². The Kier molecular flexibility index (Phi) is 4.25. The highest BCUT2D eigenvalue weighted by Gasteiger charge is 2.35. The summed E-state index contributed by atoms with van der Waals surface area (Å²) in [5.41, 5.74) is 0.453. The largest absolute Gasteiger partial charge is 0.421 e. The Morgan fingerprint density at radius 1 is 1.27 bits per heavy atom. The number of alkyl halides is 3. The van der Waals surface area contributed by atoms with Gasteiger partial charge in [0.1, 0.15) is 11.4 Å². The molecule has 6 nitrogen and oxygen atoms in total. The van der Waals surface area contributed by atoms with Gasteiger partial charge in [0.05, 0.1) is 11.4 Å². The number of nitrogens with one attached hydrogen (secondary N) is 2. The van der Waals surface area contributed by atoms with Gasteiger partial charge in [0.2, 0.25) is 5.95 Å². The second-order valence-electron chi connectivity index (χ2n) is 5.03. The minimum Gasteiger partial charge on any atom is -0.372 e. The van der Waals surface area contributed by atoms with Crippen LogP contribution in [0.25, 0.3) is 0 Å². The van der Waals surface area contributed by atoms with Crippen LogP contribution in [0.1, 0.15) is 31.1 Å². The maximum atomic E-state index is 12.8. The van der Waals surface area contributed by atoms with Crippen LogP contribution in [0.5, 0.6) is 0 Å². The maximum Gasteiger partial charge on any atom is 0.421 e. The molecule has 22 heavy (non-hydrogen) atoms. The normalized spacial score (nSPS) is 11.8. The lowest BCUT2D eigenvalue weighted by Crippen LogP contribution is -2.12. The number of aryl methyl sites for hydroxylation is 1. The Balaban J connectivity index is 2.31. The van der Waals surface area contributed by atoms with Gasteiger partial charge in [-0.25, -0.2) is 4.98 Å². The molecule has 0 aliphatic rings. The molecule has 0 aromatic carbocycles. The van der Waals surface area contributed by atoms with Crippen LogP contribution in [0, 0.1) is 6.92 Å². The average Bonchev–Trinajstić information content (AvgIpc) is 2.79. The minimum absolute atomic E-state index is 0.0729. The van der Waals surface area contributed by atoms with Gasteiger partial charge in [0, 0.05) is 25.5 Å². The van der Waals surface area contributed by atoms with Crippen LogP contribution < -0.4 is 10.6 Å². The second kappa shape index (κ2) is 5.82. The fourth-order valence-corrected chi connectivity index (χ4v) is 1.83. The summed E-state index contributed by atoms with van der Waals surface area (Å²) in [6.07, 6.45) is -1.99. The Hall–Kier alpha value is -2.32. The highest BCUT2D eigenvalue weighted by atomic mass is 19.4. The van der Waals surface area contributed by atoms with Crippen LogP contribution in [-0.2, 0) is 6.18 Å². The molecule has 0 bridgehead atoms. The third kappa shape index (κ3) is 3.29. The SMILES string of the molecule is CNc1nc(Nc2cn(C(C)C)nc2C)ncc1C(F)(F)F. The molecule has 0 aliphatic heterocycles. The molecule has 0 atom stereocenters. The third-order valence-corrected chi connectivity index (χ3v) is 3.02. The molecule has 2 rings (SSSR count). The number of nitrogens with zero attached hydrogens (tertiary/aromatic N) is 4. The lowest BCUT2D eigenvalue weighted by molar-refractivity contribution is -0.137. The molecule has 2 heterocycles. The summed E-state index contributed by atoms with van der Waals surface area (Å²) in [7, 11) is 1.38. The fourth-order valence-electron chi connectivity index (χ4n) is 1.83. The monoisotopic (exact) mass is 314 g/mol. The first-order chi connectivity index (χ1) is 10.2. The summed E-state index contributed by atoms with van der Waals surface area (Å²) in [5, 5.41) is 9.63. The van der Waals surface area contributed by atoms with E-state index in [0.29, 0.717) is 11.4 Å². The molecule has 0 spiro atoms. The number of hydrogen-bond donors (Lipinski definition) is 2. The molecular weight excluding hydrogens is 297 g/mol. The van der Waals surface area contributed by atoms with E-state index in [1.165, 1.54) is 7.05 Å². The smallest absolute Gasteiger partial charge is 0.372 e. The fraction of sp³-hybridized carbons (Fsp3) is 0.462. The number of hydrogen-bond acceptors (Lipinski definition) is 5. The van der Waals surface area contributed by atoms with Crippen molar-refractivity contribution in [2.45, 2.75) is 33.0 Å². The highest BCUT2D eigenvalue weighted by Crippen LogP contribution is 2.33. The van der Waals surface area contributed by atoms with Crippen molar-refractivity contribution in [3.63, 3.8) is 0 Å². The van der Waals surface area contributed by atoms with Gasteiger partial charge in [-0.05, 0) is 20.8 Å². The van der Waals surface area contributed by atoms with Crippen LogP contribution in [0.15, 0.2) is 12.4 Å². The van der Waals surface area contributed by atoms with Crippen LogP contribution >= 0.6 is 0 Å². The van der Waals surface area contributed by atoms with Gasteiger partial charge in [0.15, 0.2) is 0 Å². The summed E-state index contributed by atoms with van der Waals surface area (Å²) in [6, 6.07) is 0.177. The average molecular weight is 314 g/mol. The van der Waals surface area contributed by atoms with Crippen molar-refractivity contribution < 1.29 is 13.2 Å². The zero-order valence-corrected chi connectivity index (χ0v) is 12.7. The van der Waals surface area contributed by atoms with Gasteiger partial charge in [0.25, 0.3) is 0 Å². The van der Waals surface area contributed by atoms with E-state index in [1.807, 2.05) is 13.8 Å². The van der Waals surface area contributed by atoms with E-state index < -0.39 is 11.7 Å². The van der Waals surface area contributed by atoms with E-state index in [1.54, 1.807) is 17.8 Å². The van der Waals surface area contributed by atoms with E-state index in [-0.39, 0.29) is 17.8 Å². The zero-order valence-electron chi connectivity index (χ0n) is 12.7. The van der Waals surface area contributed by atoms with Crippen molar-refractivity contribution in [3.05, 3.63) is 23.7 Å². The molecule has 2 N–H and O–H groups in total. The lowest BCUT2D eigenvalue weighted by atomic mass is 10.3. The van der Waals surface area contributed by atoms with Crippen LogP contribution in [0.4, 0.5) is 30.6 Å². The summed E-state index contributed by atoms with van der Waals surface area (Å²) in [6.45, 7) is 5.75. The van der Waals surface area contributed by atoms with Crippen molar-refractivity contribution in [2.24, 2.45) is 0 Å². The van der Waals surface area contributed by atoms with E-state index >= 15 is 0 Å². The van der Waals surface area contributed by atoms with Crippen LogP contribution in [-0.4, -0.2) is 26.8 Å². The molecule has 0 fully saturated rings. The van der Waals surface area contributed by atoms with Gasteiger partial charge in [-0.1, -0.05) is 0 Å². The van der Waals surface area contributed by atoms with E-state index in [2.05, 4.69) is 25.7 Å². The van der Waals surface area contributed by atoms with Crippen molar-refractivity contribution in [1.29, 1.82) is 0 Å². The first kappa shape index (κ1) is 16.1. The van der Waals surface area contributed by atoms with E-state index in [9.17, 15) is 13.2 Å². The minimum atomic E-state index is -4.50. The Morgan fingerprint density at radius 3 is 2.45 bits per heavy atom. The molecule has 0 unspecified atom stereocenters. The Labute approximate surface area is 125 Å². The van der Waals surface area contributed by atoms with Gasteiger partial charge in [-0.2, -0.15) is 23.3 Å². The first-order valence-corrected chi connectivity index (χ1v) is 6.67. The molecule has 2 aromatic rings. The van der Waals surface area contributed by atoms with E-state index in [0.717, 1.165) is 6.20 Å². The van der Waals surface area contributed by atoms with Gasteiger partial charge < -0.3 is 10.6 Å². The number of aromatic nitrogens is 4. The predicted octanol–water partition coefficient (Wildman–Crippen LogP) is 3.37. The quantitative estimate of drug-likeness (QED) is 0.905. The molecule has 0 saturated heterocycles. The predicted molar refractivity (Wildman–Crippen MR) is 77.2 cm³/mol. The summed E-state index contributed by atoms with van der Waals surface area (Å²) in [5.74, 6) is -0.206. The Morgan fingerprint density at radius 2 is 1.95 bits per heavy atom. The topological polar surface area (TPSA) is 67.7 Å². The highest BCUT2D eigenvalue weighted by molar-refractivity contribution is 5.57. The molecule has 9 heteroatoms. The van der Waals surface area contributed by atoms with Gasteiger partial charge >= 0.3 is 6.18 Å². The molecular formula is C13H17F3N6. The summed E-state index contributed by atoms with van der Waals surface area (Å²) >= 11 is 0.